The van der Waals surface area contributed by atoms with Crippen LogP contribution < -0.4 is 0 Å². The Bertz CT molecular complexity index is 965. The molecule has 0 aliphatic rings. The summed E-state index contributed by atoms with van der Waals surface area (Å²) in [5.74, 6) is -2.26. The summed E-state index contributed by atoms with van der Waals surface area (Å²) in [5.41, 5.74) is -6.44. The lowest BCUT2D eigenvalue weighted by molar-refractivity contribution is -0.288. The highest BCUT2D eigenvalue weighted by atomic mass is 19.4. The van der Waals surface area contributed by atoms with Crippen LogP contribution in [0.25, 0.3) is 0 Å². The molecule has 0 aromatic heterocycles. The van der Waals surface area contributed by atoms with Crippen LogP contribution in [0.15, 0.2) is 48.5 Å². The van der Waals surface area contributed by atoms with Crippen molar-refractivity contribution in [2.24, 2.45) is 0 Å². The molecule has 0 amide bonds. The second kappa shape index (κ2) is 19.7. The van der Waals surface area contributed by atoms with Gasteiger partial charge in [0.15, 0.2) is 0 Å². The summed E-state index contributed by atoms with van der Waals surface area (Å²) < 4.78 is 81.6. The maximum absolute atomic E-state index is 13.6. The monoisotopic (exact) mass is 624 g/mol. The summed E-state index contributed by atoms with van der Waals surface area (Å²) in [6, 6.07) is 5.30. The molecule has 244 valence electrons. The second-order valence-corrected chi connectivity index (χ2v) is 9.96. The highest BCUT2D eigenvalue weighted by molar-refractivity contribution is 5.66. The standard InChI is InChI=1S/C15H10F6O2.2C8H16O2/c16-14(17,18)13(15(19,20)21,9-1-5-11(22)6-2-9)10-3-7-12(23)8-4-10;2*1-2-3-4-5-6-7-8(9)10/h1-8,22-23H;2*2-7H2,1H3,(H,9,10). The average Bonchev–Trinajstić information content (AvgIpc) is 2.90. The van der Waals surface area contributed by atoms with E-state index in [9.17, 15) is 35.9 Å². The van der Waals surface area contributed by atoms with E-state index in [-0.39, 0.29) is 0 Å². The van der Waals surface area contributed by atoms with Gasteiger partial charge in [-0.25, -0.2) is 0 Å². The molecule has 12 heteroatoms. The van der Waals surface area contributed by atoms with Gasteiger partial charge in [-0.2, -0.15) is 26.3 Å². The smallest absolute Gasteiger partial charge is 0.411 e. The molecule has 2 aromatic rings. The molecule has 0 heterocycles. The van der Waals surface area contributed by atoms with Crippen molar-refractivity contribution in [1.29, 1.82) is 0 Å². The van der Waals surface area contributed by atoms with Crippen molar-refractivity contribution in [3.63, 3.8) is 0 Å². The molecule has 43 heavy (non-hydrogen) atoms. The van der Waals surface area contributed by atoms with Gasteiger partial charge in [-0.3, -0.25) is 9.59 Å². The maximum atomic E-state index is 13.6. The van der Waals surface area contributed by atoms with E-state index in [4.69, 9.17) is 20.4 Å². The number of hydrogen-bond donors (Lipinski definition) is 4. The van der Waals surface area contributed by atoms with Gasteiger partial charge in [0.1, 0.15) is 11.5 Å². The Morgan fingerprint density at radius 3 is 1.05 bits per heavy atom. The van der Waals surface area contributed by atoms with Gasteiger partial charge in [0, 0.05) is 12.8 Å². The summed E-state index contributed by atoms with van der Waals surface area (Å²) in [5, 5.41) is 34.8. The summed E-state index contributed by atoms with van der Waals surface area (Å²) in [4.78, 5) is 20.1. The molecule has 0 aliphatic heterocycles. The number of hydrogen-bond acceptors (Lipinski definition) is 4. The normalized spacial score (nSPS) is 11.5. The molecule has 2 aromatic carbocycles. The lowest BCUT2D eigenvalue weighted by atomic mass is 9.73. The van der Waals surface area contributed by atoms with Crippen molar-refractivity contribution < 1.29 is 56.4 Å². The fraction of sp³-hybridized carbons (Fsp3) is 0.548. The zero-order chi connectivity index (χ0) is 33.1. The van der Waals surface area contributed by atoms with E-state index < -0.39 is 52.3 Å². The Hall–Kier alpha value is -3.44. The molecule has 4 N–H and O–H groups in total. The van der Waals surface area contributed by atoms with Crippen molar-refractivity contribution in [3.8, 4) is 11.5 Å². The number of aromatic hydroxyl groups is 2. The maximum Gasteiger partial charge on any atom is 0.411 e. The predicted octanol–water partition coefficient (Wildman–Crippen LogP) is 9.37. The van der Waals surface area contributed by atoms with E-state index in [1.165, 1.54) is 38.5 Å². The molecule has 0 spiro atoms. The number of alkyl halides is 6. The number of halogens is 6. The van der Waals surface area contributed by atoms with Crippen LogP contribution in [-0.2, 0) is 15.0 Å². The van der Waals surface area contributed by atoms with Gasteiger partial charge in [-0.15, -0.1) is 0 Å². The third-order valence-corrected chi connectivity index (χ3v) is 6.44. The molecule has 6 nitrogen and oxygen atoms in total. The molecule has 0 saturated heterocycles. The Morgan fingerprint density at radius 1 is 0.535 bits per heavy atom. The second-order valence-electron chi connectivity index (χ2n) is 9.96. The van der Waals surface area contributed by atoms with Crippen LogP contribution in [0, 0.1) is 0 Å². The largest absolute Gasteiger partial charge is 0.508 e. The van der Waals surface area contributed by atoms with Crippen molar-refractivity contribution in [2.75, 3.05) is 0 Å². The summed E-state index contributed by atoms with van der Waals surface area (Å²) in [6.45, 7) is 4.30. The zero-order valence-electron chi connectivity index (χ0n) is 24.5. The van der Waals surface area contributed by atoms with Crippen LogP contribution in [0.2, 0.25) is 0 Å². The molecule has 0 bridgehead atoms. The number of carboxylic acids is 2. The van der Waals surface area contributed by atoms with E-state index in [0.717, 1.165) is 49.9 Å². The molecule has 2 rings (SSSR count). The first-order chi connectivity index (χ1) is 20.0. The van der Waals surface area contributed by atoms with Crippen molar-refractivity contribution in [3.05, 3.63) is 59.7 Å². The minimum atomic E-state index is -5.70. The number of benzene rings is 2. The predicted molar refractivity (Wildman–Crippen MR) is 151 cm³/mol. The highest BCUT2D eigenvalue weighted by Gasteiger charge is 2.72. The van der Waals surface area contributed by atoms with Gasteiger partial charge < -0.3 is 20.4 Å². The number of unbranched alkanes of at least 4 members (excludes halogenated alkanes) is 8. The van der Waals surface area contributed by atoms with Crippen LogP contribution in [0.3, 0.4) is 0 Å². The minimum Gasteiger partial charge on any atom is -0.508 e. The number of phenolic OH excluding ortho intramolecular Hbond substituents is 2. The number of aliphatic carboxylic acids is 2. The van der Waals surface area contributed by atoms with E-state index in [0.29, 0.717) is 37.1 Å². The molecular weight excluding hydrogens is 582 g/mol. The molecule has 0 aliphatic carbocycles. The zero-order valence-corrected chi connectivity index (χ0v) is 24.5. The number of carbonyl (C=O) groups is 2. The SMILES string of the molecule is CCCCCCCC(=O)O.CCCCCCCC(=O)O.Oc1ccc(C(c2ccc(O)cc2)(C(F)(F)F)C(F)(F)F)cc1. The first-order valence-electron chi connectivity index (χ1n) is 14.2. The van der Waals surface area contributed by atoms with Crippen molar-refractivity contribution >= 4 is 11.9 Å². The molecule has 0 fully saturated rings. The van der Waals surface area contributed by atoms with Gasteiger partial charge in [-0.05, 0) is 48.2 Å². The van der Waals surface area contributed by atoms with E-state index in [2.05, 4.69) is 13.8 Å². The quantitative estimate of drug-likeness (QED) is 0.123. The molecule has 0 saturated carbocycles. The average molecular weight is 625 g/mol. The van der Waals surface area contributed by atoms with E-state index in [1.807, 2.05) is 0 Å². The van der Waals surface area contributed by atoms with E-state index >= 15 is 0 Å². The molecule has 0 unspecified atom stereocenters. The number of phenols is 2. The van der Waals surface area contributed by atoms with Gasteiger partial charge in [-0.1, -0.05) is 89.5 Å². The van der Waals surface area contributed by atoms with Gasteiger partial charge in [0.25, 0.3) is 0 Å². The molecule has 0 radical (unpaired) electrons. The summed E-state index contributed by atoms with van der Waals surface area (Å²) in [6.07, 6.45) is 0.379. The lowest BCUT2D eigenvalue weighted by Crippen LogP contribution is -2.54. The van der Waals surface area contributed by atoms with Gasteiger partial charge >= 0.3 is 24.3 Å². The van der Waals surface area contributed by atoms with Crippen LogP contribution in [0.5, 0.6) is 11.5 Å². The summed E-state index contributed by atoms with van der Waals surface area (Å²) in [7, 11) is 0. The van der Waals surface area contributed by atoms with Crippen LogP contribution >= 0.6 is 0 Å². The Labute approximate surface area is 248 Å². The highest BCUT2D eigenvalue weighted by Crippen LogP contribution is 2.56. The summed E-state index contributed by atoms with van der Waals surface area (Å²) >= 11 is 0. The van der Waals surface area contributed by atoms with Gasteiger partial charge in [0.2, 0.25) is 5.41 Å². The fourth-order valence-corrected chi connectivity index (χ4v) is 4.16. The molecule has 0 atom stereocenters. The Morgan fingerprint density at radius 2 is 0.814 bits per heavy atom. The van der Waals surface area contributed by atoms with E-state index in [1.54, 1.807) is 0 Å². The van der Waals surface area contributed by atoms with Crippen LogP contribution in [0.1, 0.15) is 102 Å². The fourth-order valence-electron chi connectivity index (χ4n) is 4.16. The minimum absolute atomic E-state index is 0.337. The van der Waals surface area contributed by atoms with Gasteiger partial charge in [0.05, 0.1) is 0 Å². The number of rotatable bonds is 14. The Kier molecular flexibility index (Phi) is 18.1. The lowest BCUT2D eigenvalue weighted by Gasteiger charge is -2.38. The van der Waals surface area contributed by atoms with Crippen molar-refractivity contribution in [1.82, 2.24) is 0 Å². The molecular formula is C31H42F6O6. The third kappa shape index (κ3) is 14.1. The van der Waals surface area contributed by atoms with Crippen LogP contribution in [-0.4, -0.2) is 44.7 Å². The first-order valence-corrected chi connectivity index (χ1v) is 14.2. The topological polar surface area (TPSA) is 115 Å². The van der Waals surface area contributed by atoms with Crippen LogP contribution in [0.4, 0.5) is 26.3 Å². The number of carboxylic acid groups (broad SMARTS) is 2. The Balaban J connectivity index is 0.000000733. The third-order valence-electron chi connectivity index (χ3n) is 6.44. The first kappa shape index (κ1) is 39.6. The van der Waals surface area contributed by atoms with Crippen molar-refractivity contribution in [2.45, 2.75) is 109 Å².